The monoisotopic (exact) mass is 484 g/mol. The molecule has 0 unspecified atom stereocenters. The highest BCUT2D eigenvalue weighted by molar-refractivity contribution is 9.10. The zero-order valence-electron chi connectivity index (χ0n) is 15.2. The van der Waals surface area contributed by atoms with Crippen LogP contribution in [0.25, 0.3) is 0 Å². The standard InChI is InChI=1S/C19H18BrClN2O4S/c1-3-8-27-18(25)13-10-12(5-6-15(13)21)22-19(28)23-17(24)11-4-7-16(26-2)14(20)9-11/h4-7,9-10H,3,8H2,1-2H3,(H2,22,23,24,28). The van der Waals surface area contributed by atoms with Crippen molar-refractivity contribution in [2.45, 2.75) is 13.3 Å². The van der Waals surface area contributed by atoms with E-state index in [2.05, 4.69) is 26.6 Å². The van der Waals surface area contributed by atoms with Gasteiger partial charge in [-0.1, -0.05) is 18.5 Å². The van der Waals surface area contributed by atoms with Crippen molar-refractivity contribution in [1.82, 2.24) is 5.32 Å². The lowest BCUT2D eigenvalue weighted by molar-refractivity contribution is 0.0505. The number of rotatable bonds is 6. The molecule has 6 nitrogen and oxygen atoms in total. The topological polar surface area (TPSA) is 76.7 Å². The summed E-state index contributed by atoms with van der Waals surface area (Å²) in [6.07, 6.45) is 0.707. The van der Waals surface area contributed by atoms with Crippen LogP contribution in [0.5, 0.6) is 5.75 Å². The number of amides is 1. The van der Waals surface area contributed by atoms with Gasteiger partial charge in [-0.3, -0.25) is 10.1 Å². The molecule has 2 rings (SSSR count). The van der Waals surface area contributed by atoms with E-state index in [0.717, 1.165) is 0 Å². The molecule has 148 valence electrons. The first-order valence-electron chi connectivity index (χ1n) is 8.28. The zero-order valence-corrected chi connectivity index (χ0v) is 18.3. The summed E-state index contributed by atoms with van der Waals surface area (Å²) >= 11 is 14.6. The van der Waals surface area contributed by atoms with Gasteiger partial charge in [-0.2, -0.15) is 0 Å². The number of ether oxygens (including phenoxy) is 2. The SMILES string of the molecule is CCCOC(=O)c1cc(NC(=S)NC(=O)c2ccc(OC)c(Br)c2)ccc1Cl. The van der Waals surface area contributed by atoms with Crippen LogP contribution in [0.15, 0.2) is 40.9 Å². The van der Waals surface area contributed by atoms with Gasteiger partial charge in [-0.05, 0) is 71.0 Å². The lowest BCUT2D eigenvalue weighted by Crippen LogP contribution is -2.34. The molecule has 0 aliphatic carbocycles. The fourth-order valence-electron chi connectivity index (χ4n) is 2.18. The molecule has 9 heteroatoms. The smallest absolute Gasteiger partial charge is 0.339 e. The van der Waals surface area contributed by atoms with Crippen LogP contribution in [-0.4, -0.2) is 30.7 Å². The van der Waals surface area contributed by atoms with Gasteiger partial charge in [0.25, 0.3) is 5.91 Å². The van der Waals surface area contributed by atoms with Crippen LogP contribution in [0.3, 0.4) is 0 Å². The summed E-state index contributed by atoms with van der Waals surface area (Å²) in [5.41, 5.74) is 1.11. The minimum absolute atomic E-state index is 0.0761. The Kier molecular flexibility index (Phi) is 8.22. The first-order chi connectivity index (χ1) is 13.3. The maximum atomic E-state index is 12.3. The summed E-state index contributed by atoms with van der Waals surface area (Å²) in [7, 11) is 1.54. The van der Waals surface area contributed by atoms with E-state index < -0.39 is 11.9 Å². The van der Waals surface area contributed by atoms with Crippen molar-refractivity contribution in [2.24, 2.45) is 0 Å². The third-order valence-electron chi connectivity index (χ3n) is 3.52. The average molecular weight is 486 g/mol. The lowest BCUT2D eigenvalue weighted by Gasteiger charge is -2.12. The van der Waals surface area contributed by atoms with Crippen molar-refractivity contribution in [3.8, 4) is 5.75 Å². The van der Waals surface area contributed by atoms with Crippen molar-refractivity contribution in [3.05, 3.63) is 57.0 Å². The molecule has 0 bridgehead atoms. The van der Waals surface area contributed by atoms with E-state index in [4.69, 9.17) is 33.3 Å². The normalized spacial score (nSPS) is 10.1. The molecule has 0 heterocycles. The van der Waals surface area contributed by atoms with E-state index in [1.165, 1.54) is 13.2 Å². The number of esters is 1. The van der Waals surface area contributed by atoms with Crippen molar-refractivity contribution >= 4 is 62.4 Å². The van der Waals surface area contributed by atoms with E-state index >= 15 is 0 Å². The van der Waals surface area contributed by atoms with Crippen LogP contribution in [0.2, 0.25) is 5.02 Å². The molecule has 0 aromatic heterocycles. The summed E-state index contributed by atoms with van der Waals surface area (Å²) < 4.78 is 10.9. The number of anilines is 1. The summed E-state index contributed by atoms with van der Waals surface area (Å²) in [5, 5.41) is 5.78. The predicted octanol–water partition coefficient (Wildman–Crippen LogP) is 4.80. The van der Waals surface area contributed by atoms with Crippen LogP contribution < -0.4 is 15.4 Å². The molecular weight excluding hydrogens is 468 g/mol. The molecular formula is C19H18BrClN2O4S. The molecule has 0 spiro atoms. The van der Waals surface area contributed by atoms with Crippen molar-refractivity contribution in [2.75, 3.05) is 19.0 Å². The van der Waals surface area contributed by atoms with Crippen LogP contribution in [0, 0.1) is 0 Å². The van der Waals surface area contributed by atoms with Gasteiger partial charge in [0, 0.05) is 11.3 Å². The first kappa shape index (κ1) is 22.1. The van der Waals surface area contributed by atoms with Crippen molar-refractivity contribution < 1.29 is 19.1 Å². The van der Waals surface area contributed by atoms with Crippen LogP contribution >= 0.6 is 39.7 Å². The number of methoxy groups -OCH3 is 1. The van der Waals surface area contributed by atoms with Gasteiger partial charge in [-0.25, -0.2) is 4.79 Å². The Bertz CT molecular complexity index is 907. The Hall–Kier alpha value is -2.16. The summed E-state index contributed by atoms with van der Waals surface area (Å²) in [4.78, 5) is 24.4. The number of hydrogen-bond acceptors (Lipinski definition) is 5. The van der Waals surface area contributed by atoms with Gasteiger partial charge in [0.2, 0.25) is 0 Å². The highest BCUT2D eigenvalue weighted by Gasteiger charge is 2.14. The number of carbonyl (C=O) groups is 2. The van der Waals surface area contributed by atoms with Gasteiger partial charge < -0.3 is 14.8 Å². The molecule has 0 aliphatic rings. The molecule has 0 fully saturated rings. The molecule has 2 aromatic carbocycles. The van der Waals surface area contributed by atoms with Gasteiger partial charge in [-0.15, -0.1) is 0 Å². The third kappa shape index (κ3) is 5.92. The second-order valence-electron chi connectivity index (χ2n) is 5.59. The maximum absolute atomic E-state index is 12.3. The molecule has 0 radical (unpaired) electrons. The fraction of sp³-hybridized carbons (Fsp3) is 0.211. The third-order valence-corrected chi connectivity index (χ3v) is 4.68. The van der Waals surface area contributed by atoms with Gasteiger partial charge in [0.1, 0.15) is 5.75 Å². The van der Waals surface area contributed by atoms with Crippen molar-refractivity contribution in [1.29, 1.82) is 0 Å². The Morgan fingerprint density at radius 2 is 1.96 bits per heavy atom. The predicted molar refractivity (Wildman–Crippen MR) is 116 cm³/mol. The Morgan fingerprint density at radius 1 is 1.21 bits per heavy atom. The molecule has 1 amide bonds. The molecule has 2 N–H and O–H groups in total. The molecule has 0 saturated carbocycles. The van der Waals surface area contributed by atoms with E-state index in [1.54, 1.807) is 30.3 Å². The van der Waals surface area contributed by atoms with Gasteiger partial charge in [0.15, 0.2) is 5.11 Å². The number of thiocarbonyl (C=S) groups is 1. The maximum Gasteiger partial charge on any atom is 0.339 e. The number of carbonyl (C=O) groups excluding carboxylic acids is 2. The second-order valence-corrected chi connectivity index (χ2v) is 7.26. The number of hydrogen-bond donors (Lipinski definition) is 2. The quantitative estimate of drug-likeness (QED) is 0.452. The molecule has 2 aromatic rings. The summed E-state index contributed by atoms with van der Waals surface area (Å²) in [6, 6.07) is 9.62. The Balaban J connectivity index is 2.05. The summed E-state index contributed by atoms with van der Waals surface area (Å²) in [5.74, 6) is -0.299. The van der Waals surface area contributed by atoms with Crippen LogP contribution in [-0.2, 0) is 4.74 Å². The summed E-state index contributed by atoms with van der Waals surface area (Å²) in [6.45, 7) is 2.20. The molecule has 0 atom stereocenters. The Morgan fingerprint density at radius 3 is 2.61 bits per heavy atom. The van der Waals surface area contributed by atoms with Crippen molar-refractivity contribution in [3.63, 3.8) is 0 Å². The minimum Gasteiger partial charge on any atom is -0.496 e. The van der Waals surface area contributed by atoms with Crippen LogP contribution in [0.1, 0.15) is 34.1 Å². The minimum atomic E-state index is -0.520. The highest BCUT2D eigenvalue weighted by atomic mass is 79.9. The highest BCUT2D eigenvalue weighted by Crippen LogP contribution is 2.25. The average Bonchev–Trinajstić information content (AvgIpc) is 2.67. The van der Waals surface area contributed by atoms with Gasteiger partial charge in [0.05, 0.1) is 28.8 Å². The number of nitrogens with one attached hydrogen (secondary N) is 2. The largest absolute Gasteiger partial charge is 0.496 e. The Labute approximate surface area is 181 Å². The lowest BCUT2D eigenvalue weighted by atomic mass is 10.2. The molecule has 0 aliphatic heterocycles. The van der Waals surface area contributed by atoms with E-state index in [9.17, 15) is 9.59 Å². The first-order valence-corrected chi connectivity index (χ1v) is 9.86. The van der Waals surface area contributed by atoms with Gasteiger partial charge >= 0.3 is 5.97 Å². The molecule has 0 saturated heterocycles. The molecule has 28 heavy (non-hydrogen) atoms. The fourth-order valence-corrected chi connectivity index (χ4v) is 3.12. The van der Waals surface area contributed by atoms with Crippen LogP contribution in [0.4, 0.5) is 5.69 Å². The second kappa shape index (κ2) is 10.4. The zero-order chi connectivity index (χ0) is 20.7. The van der Waals surface area contributed by atoms with E-state index in [0.29, 0.717) is 34.5 Å². The van der Waals surface area contributed by atoms with E-state index in [-0.39, 0.29) is 15.7 Å². The number of halogens is 2. The number of benzene rings is 2. The van der Waals surface area contributed by atoms with E-state index in [1.807, 2.05) is 6.92 Å².